The number of nitrogens with zero attached hydrogens (tertiary/aromatic N) is 2. The number of carbonyl (C=O) groups is 1. The van der Waals surface area contributed by atoms with Crippen molar-refractivity contribution in [3.63, 3.8) is 0 Å². The summed E-state index contributed by atoms with van der Waals surface area (Å²) >= 11 is 0. The second kappa shape index (κ2) is 7.19. The Morgan fingerprint density at radius 2 is 1.65 bits per heavy atom. The first-order chi connectivity index (χ1) is 12.3. The normalized spacial score (nSPS) is 12.7. The lowest BCUT2D eigenvalue weighted by atomic mass is 10.2. The Balaban J connectivity index is 1.71. The van der Waals surface area contributed by atoms with Crippen molar-refractivity contribution in [2.75, 3.05) is 5.32 Å². The third-order valence-corrected chi connectivity index (χ3v) is 5.35. The fourth-order valence-electron chi connectivity index (χ4n) is 2.36. The van der Waals surface area contributed by atoms with E-state index in [0.717, 1.165) is 5.56 Å². The number of rotatable bonds is 5. The highest BCUT2D eigenvalue weighted by Crippen LogP contribution is 2.16. The van der Waals surface area contributed by atoms with E-state index in [1.807, 2.05) is 6.92 Å². The van der Waals surface area contributed by atoms with E-state index < -0.39 is 22.0 Å². The molecule has 0 saturated heterocycles. The lowest BCUT2D eigenvalue weighted by Crippen LogP contribution is -2.41. The highest BCUT2D eigenvalue weighted by atomic mass is 32.2. The number of hydrogen-bond acceptors (Lipinski definition) is 5. The molecule has 2 aromatic carbocycles. The smallest absolute Gasteiger partial charge is 0.242 e. The van der Waals surface area contributed by atoms with Crippen LogP contribution in [0.2, 0.25) is 0 Å². The van der Waals surface area contributed by atoms with Gasteiger partial charge in [-0.1, -0.05) is 17.7 Å². The van der Waals surface area contributed by atoms with Gasteiger partial charge in [0, 0.05) is 18.1 Å². The van der Waals surface area contributed by atoms with Crippen molar-refractivity contribution in [1.29, 1.82) is 0 Å². The molecule has 8 heteroatoms. The summed E-state index contributed by atoms with van der Waals surface area (Å²) in [5, 5.41) is 2.68. The Bertz CT molecular complexity index is 1050. The first-order valence-corrected chi connectivity index (χ1v) is 9.44. The molecular formula is C18H18N4O3S. The van der Waals surface area contributed by atoms with E-state index in [4.69, 9.17) is 0 Å². The summed E-state index contributed by atoms with van der Waals surface area (Å²) in [6.45, 7) is 3.36. The second-order valence-corrected chi connectivity index (χ2v) is 7.62. The molecule has 1 atom stereocenters. The quantitative estimate of drug-likeness (QED) is 0.717. The molecule has 0 radical (unpaired) electrons. The van der Waals surface area contributed by atoms with E-state index in [2.05, 4.69) is 20.0 Å². The van der Waals surface area contributed by atoms with Gasteiger partial charge in [0.2, 0.25) is 15.9 Å². The molecule has 1 amide bonds. The summed E-state index contributed by atoms with van der Waals surface area (Å²) in [6, 6.07) is 10.6. The van der Waals surface area contributed by atoms with E-state index in [9.17, 15) is 13.2 Å². The van der Waals surface area contributed by atoms with Crippen molar-refractivity contribution < 1.29 is 13.2 Å². The maximum atomic E-state index is 12.4. The van der Waals surface area contributed by atoms with Gasteiger partial charge in [0.05, 0.1) is 22.0 Å². The lowest BCUT2D eigenvalue weighted by molar-refractivity contribution is -0.117. The standard InChI is InChI=1S/C18H18N4O3S/c1-12-3-6-15(7-4-12)26(24,25)22-13(2)18(23)21-14-5-8-16-17(11-14)20-10-9-19-16/h3-11,13,22H,1-2H3,(H,21,23). The molecule has 0 aliphatic rings. The number of amides is 1. The largest absolute Gasteiger partial charge is 0.325 e. The molecule has 3 rings (SSSR count). The molecule has 2 N–H and O–H groups in total. The molecule has 0 aliphatic carbocycles. The van der Waals surface area contributed by atoms with Crippen LogP contribution in [0.3, 0.4) is 0 Å². The predicted molar refractivity (Wildman–Crippen MR) is 99.1 cm³/mol. The number of sulfonamides is 1. The fraction of sp³-hybridized carbons (Fsp3) is 0.167. The molecule has 3 aromatic rings. The van der Waals surface area contributed by atoms with Gasteiger partial charge in [-0.2, -0.15) is 4.72 Å². The van der Waals surface area contributed by atoms with Gasteiger partial charge in [-0.25, -0.2) is 8.42 Å². The molecule has 1 unspecified atom stereocenters. The van der Waals surface area contributed by atoms with E-state index in [0.29, 0.717) is 16.7 Å². The summed E-state index contributed by atoms with van der Waals surface area (Å²) in [6.07, 6.45) is 3.15. The van der Waals surface area contributed by atoms with Crippen molar-refractivity contribution in [1.82, 2.24) is 14.7 Å². The number of anilines is 1. The summed E-state index contributed by atoms with van der Waals surface area (Å²) in [7, 11) is -3.78. The first-order valence-electron chi connectivity index (χ1n) is 7.96. The molecule has 0 saturated carbocycles. The van der Waals surface area contributed by atoms with Crippen LogP contribution in [0.1, 0.15) is 12.5 Å². The van der Waals surface area contributed by atoms with E-state index >= 15 is 0 Å². The van der Waals surface area contributed by atoms with Gasteiger partial charge in [0.25, 0.3) is 0 Å². The fourth-order valence-corrected chi connectivity index (χ4v) is 3.57. The molecule has 0 aliphatic heterocycles. The zero-order valence-corrected chi connectivity index (χ0v) is 15.1. The molecule has 0 spiro atoms. The van der Waals surface area contributed by atoms with Crippen LogP contribution in [0.4, 0.5) is 5.69 Å². The minimum absolute atomic E-state index is 0.115. The number of aryl methyl sites for hydroxylation is 1. The number of nitrogens with one attached hydrogen (secondary N) is 2. The molecule has 0 fully saturated rings. The highest BCUT2D eigenvalue weighted by Gasteiger charge is 2.22. The Morgan fingerprint density at radius 3 is 2.35 bits per heavy atom. The van der Waals surface area contributed by atoms with Gasteiger partial charge in [-0.15, -0.1) is 0 Å². The van der Waals surface area contributed by atoms with E-state index in [-0.39, 0.29) is 4.90 Å². The van der Waals surface area contributed by atoms with Crippen LogP contribution in [0.5, 0.6) is 0 Å². The molecular weight excluding hydrogens is 352 g/mol. The Kier molecular flexibility index (Phi) is 4.97. The van der Waals surface area contributed by atoms with Crippen molar-refractivity contribution in [2.24, 2.45) is 0 Å². The summed E-state index contributed by atoms with van der Waals surface area (Å²) < 4.78 is 27.1. The van der Waals surface area contributed by atoms with E-state index in [1.54, 1.807) is 42.7 Å². The van der Waals surface area contributed by atoms with Gasteiger partial charge in [0.1, 0.15) is 0 Å². The van der Waals surface area contributed by atoms with Crippen LogP contribution in [0, 0.1) is 6.92 Å². The molecule has 1 heterocycles. The second-order valence-electron chi connectivity index (χ2n) is 5.91. The van der Waals surface area contributed by atoms with Crippen molar-refractivity contribution in [3.05, 3.63) is 60.4 Å². The van der Waals surface area contributed by atoms with Crippen LogP contribution < -0.4 is 10.0 Å². The van der Waals surface area contributed by atoms with Gasteiger partial charge in [-0.05, 0) is 44.2 Å². The number of carbonyl (C=O) groups excluding carboxylic acids is 1. The van der Waals surface area contributed by atoms with E-state index in [1.165, 1.54) is 19.1 Å². The van der Waals surface area contributed by atoms with Crippen molar-refractivity contribution in [2.45, 2.75) is 24.8 Å². The Labute approximate surface area is 151 Å². The molecule has 7 nitrogen and oxygen atoms in total. The minimum Gasteiger partial charge on any atom is -0.325 e. The monoisotopic (exact) mass is 370 g/mol. The van der Waals surface area contributed by atoms with Gasteiger partial charge >= 0.3 is 0 Å². The third kappa shape index (κ3) is 4.04. The summed E-state index contributed by atoms with van der Waals surface area (Å²) in [4.78, 5) is 20.8. The van der Waals surface area contributed by atoms with Gasteiger partial charge < -0.3 is 5.32 Å². The predicted octanol–water partition coefficient (Wildman–Crippen LogP) is 2.24. The van der Waals surface area contributed by atoms with Crippen LogP contribution in [-0.2, 0) is 14.8 Å². The summed E-state index contributed by atoms with van der Waals surface area (Å²) in [5.74, 6) is -0.469. The zero-order chi connectivity index (χ0) is 18.7. The maximum absolute atomic E-state index is 12.4. The molecule has 134 valence electrons. The maximum Gasteiger partial charge on any atom is 0.242 e. The highest BCUT2D eigenvalue weighted by molar-refractivity contribution is 7.89. The first kappa shape index (κ1) is 18.0. The average molecular weight is 370 g/mol. The number of benzene rings is 2. The number of fused-ring (bicyclic) bond motifs is 1. The Hall–Kier alpha value is -2.84. The minimum atomic E-state index is -3.78. The molecule has 1 aromatic heterocycles. The van der Waals surface area contributed by atoms with Crippen molar-refractivity contribution >= 4 is 32.7 Å². The summed E-state index contributed by atoms with van der Waals surface area (Å²) in [5.41, 5.74) is 2.82. The number of hydrogen-bond donors (Lipinski definition) is 2. The number of aromatic nitrogens is 2. The van der Waals surface area contributed by atoms with Gasteiger partial charge in [0.15, 0.2) is 0 Å². The van der Waals surface area contributed by atoms with Crippen molar-refractivity contribution in [3.8, 4) is 0 Å². The van der Waals surface area contributed by atoms with Crippen LogP contribution in [0.15, 0.2) is 59.8 Å². The molecule has 26 heavy (non-hydrogen) atoms. The SMILES string of the molecule is Cc1ccc(S(=O)(=O)NC(C)C(=O)Nc2ccc3nccnc3c2)cc1. The lowest BCUT2D eigenvalue weighted by Gasteiger charge is -2.15. The average Bonchev–Trinajstić information content (AvgIpc) is 2.61. The zero-order valence-electron chi connectivity index (χ0n) is 14.3. The van der Waals surface area contributed by atoms with Crippen LogP contribution in [0.25, 0.3) is 11.0 Å². The molecule has 0 bridgehead atoms. The Morgan fingerprint density at radius 1 is 1.00 bits per heavy atom. The third-order valence-electron chi connectivity index (χ3n) is 3.79. The van der Waals surface area contributed by atoms with Gasteiger partial charge in [-0.3, -0.25) is 14.8 Å². The topological polar surface area (TPSA) is 101 Å². The van der Waals surface area contributed by atoms with Crippen LogP contribution >= 0.6 is 0 Å². The van der Waals surface area contributed by atoms with Crippen LogP contribution in [-0.4, -0.2) is 30.3 Å².